The molecule has 1 saturated carbocycles. The predicted octanol–water partition coefficient (Wildman–Crippen LogP) is 2.83. The van der Waals surface area contributed by atoms with Crippen LogP contribution in [0.2, 0.25) is 0 Å². The minimum absolute atomic E-state index is 0.125. The zero-order valence-corrected chi connectivity index (χ0v) is 13.7. The normalized spacial score (nSPS) is 24.0. The molecule has 23 heavy (non-hydrogen) atoms. The molecule has 2 aromatic rings. The largest absolute Gasteiger partial charge is 0.339 e. The Labute approximate surface area is 135 Å². The summed E-state index contributed by atoms with van der Waals surface area (Å²) in [6, 6.07) is 0.125. The van der Waals surface area contributed by atoms with Crippen molar-refractivity contribution in [1.82, 2.24) is 25.2 Å². The molecular weight excluding hydrogens is 294 g/mol. The lowest BCUT2D eigenvalue weighted by atomic mass is 9.96. The summed E-state index contributed by atoms with van der Waals surface area (Å²) in [6.07, 6.45) is 5.40. The van der Waals surface area contributed by atoms with Gasteiger partial charge < -0.3 is 9.05 Å². The van der Waals surface area contributed by atoms with Crippen LogP contribution in [0.3, 0.4) is 0 Å². The van der Waals surface area contributed by atoms with Crippen molar-refractivity contribution in [3.63, 3.8) is 0 Å². The lowest BCUT2D eigenvalue weighted by Gasteiger charge is -2.34. The van der Waals surface area contributed by atoms with Crippen LogP contribution >= 0.6 is 0 Å². The van der Waals surface area contributed by atoms with Gasteiger partial charge in [0.1, 0.15) is 0 Å². The van der Waals surface area contributed by atoms with Gasteiger partial charge in [0.05, 0.1) is 6.04 Å². The Kier molecular flexibility index (Phi) is 3.88. The third-order valence-electron chi connectivity index (χ3n) is 4.91. The van der Waals surface area contributed by atoms with E-state index in [0.29, 0.717) is 17.7 Å². The lowest BCUT2D eigenvalue weighted by molar-refractivity contribution is 0.130. The molecule has 1 aliphatic carbocycles. The molecule has 0 N–H and O–H groups in total. The molecule has 0 unspecified atom stereocenters. The average Bonchev–Trinajstić information content (AvgIpc) is 3.14. The maximum absolute atomic E-state index is 5.42. The molecule has 1 saturated heterocycles. The van der Waals surface area contributed by atoms with Gasteiger partial charge in [-0.15, -0.1) is 0 Å². The lowest BCUT2D eigenvalue weighted by Crippen LogP contribution is -2.36. The first-order chi connectivity index (χ1) is 11.2. The molecule has 0 bridgehead atoms. The van der Waals surface area contributed by atoms with Crippen LogP contribution in [0.4, 0.5) is 0 Å². The second-order valence-corrected chi connectivity index (χ2v) is 6.68. The highest BCUT2D eigenvalue weighted by atomic mass is 16.5. The Morgan fingerprint density at radius 2 is 2.00 bits per heavy atom. The van der Waals surface area contributed by atoms with Gasteiger partial charge in [-0.25, -0.2) is 0 Å². The van der Waals surface area contributed by atoms with E-state index >= 15 is 0 Å². The SMILES string of the molecule is CCc1noc([C@H](C)N2CCC[C@H](c3noc(C4CC4)n3)C2)n1. The Balaban J connectivity index is 1.45. The summed E-state index contributed by atoms with van der Waals surface area (Å²) in [4.78, 5) is 11.5. The molecule has 3 heterocycles. The van der Waals surface area contributed by atoms with Crippen LogP contribution < -0.4 is 0 Å². The van der Waals surface area contributed by atoms with Crippen molar-refractivity contribution >= 4 is 0 Å². The molecule has 7 heteroatoms. The quantitative estimate of drug-likeness (QED) is 0.838. The van der Waals surface area contributed by atoms with Gasteiger partial charge in [-0.1, -0.05) is 17.2 Å². The zero-order valence-electron chi connectivity index (χ0n) is 13.7. The molecule has 2 aliphatic rings. The van der Waals surface area contributed by atoms with Gasteiger partial charge in [0.2, 0.25) is 11.8 Å². The van der Waals surface area contributed by atoms with E-state index < -0.39 is 0 Å². The van der Waals surface area contributed by atoms with Crippen molar-refractivity contribution in [2.45, 2.75) is 63.8 Å². The molecule has 2 aromatic heterocycles. The predicted molar refractivity (Wildman–Crippen MR) is 81.9 cm³/mol. The minimum Gasteiger partial charge on any atom is -0.339 e. The minimum atomic E-state index is 0.125. The molecule has 0 radical (unpaired) electrons. The summed E-state index contributed by atoms with van der Waals surface area (Å²) >= 11 is 0. The van der Waals surface area contributed by atoms with Crippen molar-refractivity contribution in [2.24, 2.45) is 0 Å². The van der Waals surface area contributed by atoms with Crippen molar-refractivity contribution in [3.05, 3.63) is 23.4 Å². The first-order valence-corrected chi connectivity index (χ1v) is 8.64. The number of piperidine rings is 1. The van der Waals surface area contributed by atoms with E-state index in [0.717, 1.165) is 49.9 Å². The highest BCUT2D eigenvalue weighted by Crippen LogP contribution is 2.40. The van der Waals surface area contributed by atoms with E-state index in [1.807, 2.05) is 6.92 Å². The molecular formula is C16H23N5O2. The van der Waals surface area contributed by atoms with Gasteiger partial charge in [-0.2, -0.15) is 9.97 Å². The standard InChI is InChI=1S/C16H23N5O2/c1-3-13-17-15(22-19-13)10(2)21-8-4-5-12(9-21)14-18-16(23-20-14)11-6-7-11/h10-12H,3-9H2,1-2H3/t10-,12-/m0/s1. The number of hydrogen-bond donors (Lipinski definition) is 0. The van der Waals surface area contributed by atoms with Gasteiger partial charge in [-0.05, 0) is 39.2 Å². The number of hydrogen-bond acceptors (Lipinski definition) is 7. The Bertz CT molecular complexity index is 663. The number of aryl methyl sites for hydroxylation is 1. The highest BCUT2D eigenvalue weighted by Gasteiger charge is 2.33. The third kappa shape index (κ3) is 3.02. The van der Waals surface area contributed by atoms with Crippen LogP contribution in [-0.2, 0) is 6.42 Å². The fourth-order valence-electron chi connectivity index (χ4n) is 3.22. The van der Waals surface area contributed by atoms with E-state index in [4.69, 9.17) is 9.05 Å². The summed E-state index contributed by atoms with van der Waals surface area (Å²) in [5.41, 5.74) is 0. The van der Waals surface area contributed by atoms with Crippen LogP contribution in [0, 0.1) is 0 Å². The van der Waals surface area contributed by atoms with Crippen LogP contribution in [0.25, 0.3) is 0 Å². The van der Waals surface area contributed by atoms with Crippen LogP contribution in [0.15, 0.2) is 9.05 Å². The van der Waals surface area contributed by atoms with Crippen molar-refractivity contribution in [3.8, 4) is 0 Å². The first-order valence-electron chi connectivity index (χ1n) is 8.64. The van der Waals surface area contributed by atoms with Crippen molar-refractivity contribution in [1.29, 1.82) is 0 Å². The molecule has 2 fully saturated rings. The molecule has 7 nitrogen and oxygen atoms in total. The van der Waals surface area contributed by atoms with Crippen LogP contribution in [0.1, 0.15) is 80.8 Å². The second kappa shape index (κ2) is 6.03. The maximum Gasteiger partial charge on any atom is 0.243 e. The molecule has 124 valence electrons. The van der Waals surface area contributed by atoms with E-state index in [2.05, 4.69) is 32.1 Å². The Morgan fingerprint density at radius 1 is 1.13 bits per heavy atom. The summed E-state index contributed by atoms with van der Waals surface area (Å²) in [6.45, 7) is 6.11. The van der Waals surface area contributed by atoms with Gasteiger partial charge in [-0.3, -0.25) is 4.90 Å². The van der Waals surface area contributed by atoms with Gasteiger partial charge >= 0.3 is 0 Å². The molecule has 0 spiro atoms. The molecule has 2 atom stereocenters. The van der Waals surface area contributed by atoms with Crippen LogP contribution in [-0.4, -0.2) is 38.3 Å². The van der Waals surface area contributed by atoms with Gasteiger partial charge in [0, 0.05) is 24.8 Å². The number of aromatic nitrogens is 4. The first kappa shape index (κ1) is 14.8. The fourth-order valence-corrected chi connectivity index (χ4v) is 3.22. The smallest absolute Gasteiger partial charge is 0.243 e. The van der Waals surface area contributed by atoms with Crippen LogP contribution in [0.5, 0.6) is 0 Å². The maximum atomic E-state index is 5.42. The summed E-state index contributed by atoms with van der Waals surface area (Å²) in [5, 5.41) is 8.23. The summed E-state index contributed by atoms with van der Waals surface area (Å²) < 4.78 is 10.8. The highest BCUT2D eigenvalue weighted by molar-refractivity contribution is 5.06. The van der Waals surface area contributed by atoms with Gasteiger partial charge in [0.25, 0.3) is 0 Å². The summed E-state index contributed by atoms with van der Waals surface area (Å²) in [7, 11) is 0. The number of rotatable bonds is 5. The molecule has 0 aromatic carbocycles. The summed E-state index contributed by atoms with van der Waals surface area (Å²) in [5.74, 6) is 4.01. The van der Waals surface area contributed by atoms with E-state index in [1.165, 1.54) is 12.8 Å². The molecule has 1 aliphatic heterocycles. The van der Waals surface area contributed by atoms with E-state index in [-0.39, 0.29) is 6.04 Å². The average molecular weight is 317 g/mol. The van der Waals surface area contributed by atoms with Crippen molar-refractivity contribution in [2.75, 3.05) is 13.1 Å². The van der Waals surface area contributed by atoms with Crippen molar-refractivity contribution < 1.29 is 9.05 Å². The number of likely N-dealkylation sites (tertiary alicyclic amines) is 1. The fraction of sp³-hybridized carbons (Fsp3) is 0.750. The molecule has 4 rings (SSSR count). The zero-order chi connectivity index (χ0) is 15.8. The second-order valence-electron chi connectivity index (χ2n) is 6.68. The number of nitrogens with zero attached hydrogens (tertiary/aromatic N) is 5. The van der Waals surface area contributed by atoms with E-state index in [1.54, 1.807) is 0 Å². The Hall–Kier alpha value is -1.76. The Morgan fingerprint density at radius 3 is 2.74 bits per heavy atom. The van der Waals surface area contributed by atoms with Gasteiger partial charge in [0.15, 0.2) is 11.6 Å². The van der Waals surface area contributed by atoms with E-state index in [9.17, 15) is 0 Å². The topological polar surface area (TPSA) is 81.1 Å². The molecule has 0 amide bonds. The third-order valence-corrected chi connectivity index (χ3v) is 4.91. The monoisotopic (exact) mass is 317 g/mol.